The van der Waals surface area contributed by atoms with Crippen molar-refractivity contribution in [2.45, 2.75) is 0 Å². The molecule has 1 heterocycles. The molecule has 0 saturated carbocycles. The number of hydrogen-bond donors (Lipinski definition) is 0. The first-order valence-corrected chi connectivity index (χ1v) is 5.54. The standard InChI is InChI=1S/C12H8N2O7/c1-20-10-5-3-8(9-4-2-7(6-15)21-9)11(13(16)17)12(10)14(18)19/h2-6H,1H3. The molecule has 9 nitrogen and oxygen atoms in total. The van der Waals surface area contributed by atoms with Gasteiger partial charge in [0.1, 0.15) is 11.3 Å². The van der Waals surface area contributed by atoms with Crippen LogP contribution in [0.25, 0.3) is 11.3 Å². The van der Waals surface area contributed by atoms with Crippen molar-refractivity contribution in [1.29, 1.82) is 0 Å². The molecular formula is C12H8N2O7. The molecule has 0 fully saturated rings. The molecule has 0 aliphatic carbocycles. The average Bonchev–Trinajstić information content (AvgIpc) is 2.94. The number of ether oxygens (including phenoxy) is 1. The molecule has 0 spiro atoms. The van der Waals surface area contributed by atoms with Crippen molar-refractivity contribution < 1.29 is 23.8 Å². The fourth-order valence-corrected chi connectivity index (χ4v) is 1.85. The molecule has 108 valence electrons. The van der Waals surface area contributed by atoms with Gasteiger partial charge in [0.15, 0.2) is 12.0 Å². The second-order valence-electron chi connectivity index (χ2n) is 3.85. The summed E-state index contributed by atoms with van der Waals surface area (Å²) in [6.07, 6.45) is 0.424. The van der Waals surface area contributed by atoms with Crippen LogP contribution in [-0.4, -0.2) is 23.2 Å². The molecule has 0 aliphatic heterocycles. The van der Waals surface area contributed by atoms with E-state index >= 15 is 0 Å². The predicted octanol–water partition coefficient (Wildman–Crippen LogP) is 2.58. The van der Waals surface area contributed by atoms with Crippen LogP contribution in [0.5, 0.6) is 5.75 Å². The topological polar surface area (TPSA) is 126 Å². The molecule has 2 rings (SSSR count). The van der Waals surface area contributed by atoms with Crippen LogP contribution in [0.15, 0.2) is 28.7 Å². The first-order valence-electron chi connectivity index (χ1n) is 5.54. The van der Waals surface area contributed by atoms with Crippen molar-refractivity contribution in [2.24, 2.45) is 0 Å². The van der Waals surface area contributed by atoms with Crippen molar-refractivity contribution >= 4 is 17.7 Å². The van der Waals surface area contributed by atoms with E-state index in [1.165, 1.54) is 31.4 Å². The number of furan rings is 1. The molecule has 9 heteroatoms. The van der Waals surface area contributed by atoms with Gasteiger partial charge in [0.25, 0.3) is 0 Å². The van der Waals surface area contributed by atoms with Crippen LogP contribution in [0, 0.1) is 20.2 Å². The number of nitro groups is 2. The number of hydrogen-bond acceptors (Lipinski definition) is 7. The number of carbonyl (C=O) groups is 1. The van der Waals surface area contributed by atoms with Crippen LogP contribution in [0.1, 0.15) is 10.6 Å². The zero-order chi connectivity index (χ0) is 15.6. The molecule has 0 N–H and O–H groups in total. The summed E-state index contributed by atoms with van der Waals surface area (Å²) >= 11 is 0. The normalized spacial score (nSPS) is 10.1. The van der Waals surface area contributed by atoms with Gasteiger partial charge < -0.3 is 9.15 Å². The maximum absolute atomic E-state index is 11.2. The molecule has 0 aliphatic rings. The first kappa shape index (κ1) is 14.2. The average molecular weight is 292 g/mol. The van der Waals surface area contributed by atoms with E-state index in [9.17, 15) is 25.0 Å². The minimum absolute atomic E-state index is 0.0189. The highest BCUT2D eigenvalue weighted by Crippen LogP contribution is 2.43. The summed E-state index contributed by atoms with van der Waals surface area (Å²) in [5.41, 5.74) is -1.64. The minimum atomic E-state index is -0.899. The molecule has 0 saturated heterocycles. The molecule has 21 heavy (non-hydrogen) atoms. The summed E-state index contributed by atoms with van der Waals surface area (Å²) in [6, 6.07) is 5.12. The Kier molecular flexibility index (Phi) is 3.65. The maximum Gasteiger partial charge on any atom is 0.388 e. The molecule has 0 atom stereocenters. The van der Waals surface area contributed by atoms with Gasteiger partial charge in [-0.2, -0.15) is 0 Å². The van der Waals surface area contributed by atoms with Crippen LogP contribution < -0.4 is 4.74 Å². The Morgan fingerprint density at radius 1 is 1.10 bits per heavy atom. The van der Waals surface area contributed by atoms with Crippen LogP contribution in [0.2, 0.25) is 0 Å². The number of carbonyl (C=O) groups excluding carboxylic acids is 1. The lowest BCUT2D eigenvalue weighted by Crippen LogP contribution is -2.01. The first-order chi connectivity index (χ1) is 9.99. The monoisotopic (exact) mass is 292 g/mol. The second-order valence-corrected chi connectivity index (χ2v) is 3.85. The van der Waals surface area contributed by atoms with E-state index in [2.05, 4.69) is 0 Å². The zero-order valence-electron chi connectivity index (χ0n) is 10.6. The summed E-state index contributed by atoms with van der Waals surface area (Å²) in [5.74, 6) is -0.301. The Hall–Kier alpha value is -3.23. The number of nitrogens with zero attached hydrogens (tertiary/aromatic N) is 2. The lowest BCUT2D eigenvalue weighted by atomic mass is 10.1. The van der Waals surface area contributed by atoms with E-state index in [-0.39, 0.29) is 22.8 Å². The number of nitro benzene ring substituents is 2. The number of aldehydes is 1. The lowest BCUT2D eigenvalue weighted by Gasteiger charge is -2.05. The third-order valence-electron chi connectivity index (χ3n) is 2.71. The number of methoxy groups -OCH3 is 1. The van der Waals surface area contributed by atoms with Crippen molar-refractivity contribution in [3.05, 3.63) is 50.3 Å². The SMILES string of the molecule is COc1ccc(-c2ccc(C=O)o2)c([N+](=O)[O-])c1[N+](=O)[O-]. The maximum atomic E-state index is 11.2. The second kappa shape index (κ2) is 5.41. The van der Waals surface area contributed by atoms with Gasteiger partial charge in [0.2, 0.25) is 5.75 Å². The van der Waals surface area contributed by atoms with Gasteiger partial charge >= 0.3 is 11.4 Å². The van der Waals surface area contributed by atoms with Crippen molar-refractivity contribution in [3.8, 4) is 17.1 Å². The van der Waals surface area contributed by atoms with E-state index in [1.54, 1.807) is 0 Å². The Labute approximate surface area is 117 Å². The summed E-state index contributed by atoms with van der Waals surface area (Å²) in [4.78, 5) is 31.1. The highest BCUT2D eigenvalue weighted by atomic mass is 16.6. The molecular weight excluding hydrogens is 284 g/mol. The minimum Gasteiger partial charge on any atom is -0.490 e. The van der Waals surface area contributed by atoms with E-state index in [1.807, 2.05) is 0 Å². The van der Waals surface area contributed by atoms with E-state index in [0.717, 1.165) is 0 Å². The quantitative estimate of drug-likeness (QED) is 0.470. The molecule has 1 aromatic heterocycles. The summed E-state index contributed by atoms with van der Waals surface area (Å²) < 4.78 is 9.86. The zero-order valence-corrected chi connectivity index (χ0v) is 10.6. The summed E-state index contributed by atoms with van der Waals surface area (Å²) in [6.45, 7) is 0. The van der Waals surface area contributed by atoms with Crippen LogP contribution in [0.3, 0.4) is 0 Å². The molecule has 1 aromatic carbocycles. The van der Waals surface area contributed by atoms with Gasteiger partial charge in [-0.3, -0.25) is 25.0 Å². The van der Waals surface area contributed by atoms with Crippen LogP contribution >= 0.6 is 0 Å². The molecule has 2 aromatic rings. The van der Waals surface area contributed by atoms with Gasteiger partial charge in [-0.1, -0.05) is 0 Å². The molecule has 0 unspecified atom stereocenters. The highest BCUT2D eigenvalue weighted by molar-refractivity contribution is 5.81. The fourth-order valence-electron chi connectivity index (χ4n) is 1.85. The summed E-state index contributed by atoms with van der Waals surface area (Å²) in [5, 5.41) is 22.3. The third-order valence-corrected chi connectivity index (χ3v) is 2.71. The van der Waals surface area contributed by atoms with Gasteiger partial charge in [-0.05, 0) is 24.3 Å². The van der Waals surface area contributed by atoms with E-state index < -0.39 is 21.2 Å². The van der Waals surface area contributed by atoms with Crippen molar-refractivity contribution in [1.82, 2.24) is 0 Å². The molecule has 0 amide bonds. The van der Waals surface area contributed by atoms with E-state index in [4.69, 9.17) is 9.15 Å². The van der Waals surface area contributed by atoms with Crippen molar-refractivity contribution in [3.63, 3.8) is 0 Å². The lowest BCUT2D eigenvalue weighted by molar-refractivity contribution is -0.422. The smallest absolute Gasteiger partial charge is 0.388 e. The Bertz CT molecular complexity index is 735. The Morgan fingerprint density at radius 3 is 2.24 bits per heavy atom. The highest BCUT2D eigenvalue weighted by Gasteiger charge is 2.35. The largest absolute Gasteiger partial charge is 0.490 e. The number of rotatable bonds is 5. The van der Waals surface area contributed by atoms with Gasteiger partial charge in [0, 0.05) is 0 Å². The van der Waals surface area contributed by atoms with E-state index in [0.29, 0.717) is 6.29 Å². The van der Waals surface area contributed by atoms with Gasteiger partial charge in [-0.25, -0.2) is 0 Å². The van der Waals surface area contributed by atoms with Crippen LogP contribution in [-0.2, 0) is 0 Å². The Balaban J connectivity index is 2.77. The predicted molar refractivity (Wildman–Crippen MR) is 69.4 cm³/mol. The summed E-state index contributed by atoms with van der Waals surface area (Å²) in [7, 11) is 1.17. The fraction of sp³-hybridized carbons (Fsp3) is 0.0833. The van der Waals surface area contributed by atoms with Crippen molar-refractivity contribution in [2.75, 3.05) is 7.11 Å². The number of benzene rings is 1. The third kappa shape index (κ3) is 2.43. The Morgan fingerprint density at radius 2 is 1.76 bits per heavy atom. The van der Waals surface area contributed by atoms with Gasteiger partial charge in [-0.15, -0.1) is 0 Å². The van der Waals surface area contributed by atoms with Gasteiger partial charge in [0.05, 0.1) is 17.0 Å². The molecule has 0 radical (unpaired) electrons. The molecule has 0 bridgehead atoms. The van der Waals surface area contributed by atoms with Crippen LogP contribution in [0.4, 0.5) is 11.4 Å².